The fourth-order valence-electron chi connectivity index (χ4n) is 3.19. The lowest BCUT2D eigenvalue weighted by Gasteiger charge is -2.32. The van der Waals surface area contributed by atoms with Crippen LogP contribution in [-0.2, 0) is 15.8 Å². The van der Waals surface area contributed by atoms with Crippen molar-refractivity contribution in [3.8, 4) is 0 Å². The molecule has 0 fully saturated rings. The molecule has 3 N–H and O–H groups in total. The Labute approximate surface area is 147 Å². The number of nitrogens with one attached hydrogen (secondary N) is 1. The van der Waals surface area contributed by atoms with E-state index in [4.69, 9.17) is 0 Å². The smallest absolute Gasteiger partial charge is 0.416 e. The van der Waals surface area contributed by atoms with E-state index in [1.165, 1.54) is 12.1 Å². The van der Waals surface area contributed by atoms with Crippen molar-refractivity contribution in [3.63, 3.8) is 0 Å². The van der Waals surface area contributed by atoms with Crippen molar-refractivity contribution < 1.29 is 33.0 Å². The lowest BCUT2D eigenvalue weighted by Crippen LogP contribution is -2.33. The number of halogens is 3. The second-order valence-corrected chi connectivity index (χ2v) is 5.74. The number of benzene rings is 1. The fraction of sp³-hybridized carbons (Fsp3) is 0.333. The van der Waals surface area contributed by atoms with Crippen LogP contribution in [0.25, 0.3) is 0 Å². The summed E-state index contributed by atoms with van der Waals surface area (Å²) in [6.07, 6.45) is -4.32. The maximum Gasteiger partial charge on any atom is 0.416 e. The van der Waals surface area contributed by atoms with Crippen LogP contribution in [0.5, 0.6) is 0 Å². The van der Waals surface area contributed by atoms with Crippen molar-refractivity contribution in [1.29, 1.82) is 0 Å². The first kappa shape index (κ1) is 19.6. The third kappa shape index (κ3) is 3.44. The molecule has 5 nitrogen and oxygen atoms in total. The van der Waals surface area contributed by atoms with Gasteiger partial charge in [0.25, 0.3) is 0 Å². The molecule has 1 aromatic rings. The van der Waals surface area contributed by atoms with Gasteiger partial charge >= 0.3 is 18.1 Å². The molecule has 0 aromatic heterocycles. The third-order valence-corrected chi connectivity index (χ3v) is 4.27. The number of hydrogen-bond donors (Lipinski definition) is 3. The molecule has 0 aliphatic carbocycles. The summed E-state index contributed by atoms with van der Waals surface area (Å²) >= 11 is 0. The SMILES string of the molecule is CCC1=C(C(=O)O)C(c2ccccc2C(F)(F)F)C(C(=O)O)=C(CC)N1. The maximum absolute atomic E-state index is 13.5. The van der Waals surface area contributed by atoms with Crippen LogP contribution in [0.3, 0.4) is 0 Å². The summed E-state index contributed by atoms with van der Waals surface area (Å²) < 4.78 is 40.4. The van der Waals surface area contributed by atoms with Gasteiger partial charge in [-0.05, 0) is 24.5 Å². The van der Waals surface area contributed by atoms with Gasteiger partial charge in [0, 0.05) is 11.4 Å². The molecule has 0 saturated heterocycles. The fourth-order valence-corrected chi connectivity index (χ4v) is 3.19. The predicted molar refractivity (Wildman–Crippen MR) is 87.2 cm³/mol. The number of carboxylic acid groups (broad SMARTS) is 2. The molecular weight excluding hydrogens is 351 g/mol. The van der Waals surface area contributed by atoms with Crippen LogP contribution >= 0.6 is 0 Å². The quantitative estimate of drug-likeness (QED) is 0.733. The Hall–Kier alpha value is -2.77. The number of carboxylic acids is 2. The highest BCUT2D eigenvalue weighted by Gasteiger charge is 2.42. The van der Waals surface area contributed by atoms with Gasteiger partial charge in [0.15, 0.2) is 0 Å². The molecule has 8 heteroatoms. The average molecular weight is 369 g/mol. The molecule has 1 aliphatic rings. The van der Waals surface area contributed by atoms with E-state index in [2.05, 4.69) is 5.32 Å². The van der Waals surface area contributed by atoms with Gasteiger partial charge in [0.2, 0.25) is 0 Å². The Morgan fingerprint density at radius 1 is 1.00 bits per heavy atom. The average Bonchev–Trinajstić information content (AvgIpc) is 2.58. The largest absolute Gasteiger partial charge is 0.478 e. The van der Waals surface area contributed by atoms with E-state index in [0.717, 1.165) is 12.1 Å². The summed E-state index contributed by atoms with van der Waals surface area (Å²) in [5.74, 6) is -4.43. The zero-order valence-corrected chi connectivity index (χ0v) is 14.1. The summed E-state index contributed by atoms with van der Waals surface area (Å²) in [4.78, 5) is 23.7. The normalized spacial score (nSPS) is 15.9. The first-order valence-electron chi connectivity index (χ1n) is 7.99. The van der Waals surface area contributed by atoms with Crippen molar-refractivity contribution in [3.05, 3.63) is 57.9 Å². The van der Waals surface area contributed by atoms with E-state index >= 15 is 0 Å². The summed E-state index contributed by atoms with van der Waals surface area (Å²) in [6, 6.07) is 4.48. The highest BCUT2D eigenvalue weighted by Crippen LogP contribution is 2.44. The zero-order valence-electron chi connectivity index (χ0n) is 14.1. The lowest BCUT2D eigenvalue weighted by molar-refractivity contribution is -0.139. The number of hydrogen-bond acceptors (Lipinski definition) is 3. The second kappa shape index (κ2) is 7.23. The Kier molecular flexibility index (Phi) is 5.44. The number of dihydropyridines is 1. The van der Waals surface area contributed by atoms with Gasteiger partial charge < -0.3 is 15.5 Å². The molecule has 0 bridgehead atoms. The van der Waals surface area contributed by atoms with E-state index in [0.29, 0.717) is 0 Å². The predicted octanol–water partition coefficient (Wildman–Crippen LogP) is 3.89. The molecule has 140 valence electrons. The van der Waals surface area contributed by atoms with Gasteiger partial charge in [-0.1, -0.05) is 32.0 Å². The van der Waals surface area contributed by atoms with Gasteiger partial charge in [-0.2, -0.15) is 13.2 Å². The molecule has 0 radical (unpaired) electrons. The van der Waals surface area contributed by atoms with Crippen molar-refractivity contribution in [2.24, 2.45) is 0 Å². The second-order valence-electron chi connectivity index (χ2n) is 5.74. The number of alkyl halides is 3. The van der Waals surface area contributed by atoms with Gasteiger partial charge in [-0.25, -0.2) is 9.59 Å². The summed E-state index contributed by atoms with van der Waals surface area (Å²) in [6.45, 7) is 3.30. The van der Waals surface area contributed by atoms with Gasteiger partial charge in [-0.3, -0.25) is 0 Å². The van der Waals surface area contributed by atoms with E-state index in [-0.39, 0.29) is 40.9 Å². The molecule has 0 spiro atoms. The number of carbonyl (C=O) groups is 2. The summed E-state index contributed by atoms with van der Waals surface area (Å²) in [5.41, 5.74) is -1.76. The van der Waals surface area contributed by atoms with Gasteiger partial charge in [0.1, 0.15) is 0 Å². The van der Waals surface area contributed by atoms with Gasteiger partial charge in [-0.15, -0.1) is 0 Å². The van der Waals surface area contributed by atoms with E-state index in [1.807, 2.05) is 0 Å². The molecule has 1 heterocycles. The molecule has 26 heavy (non-hydrogen) atoms. The van der Waals surface area contributed by atoms with E-state index < -0.39 is 29.6 Å². The standard InChI is InChI=1S/C18H18F3NO4/c1-3-11-14(16(23)24)13(15(17(25)26)12(4-2)22-11)9-7-5-6-8-10(9)18(19,20)21/h5-8,13,22H,3-4H2,1-2H3,(H,23,24)(H,25,26). The highest BCUT2D eigenvalue weighted by molar-refractivity contribution is 5.98. The van der Waals surface area contributed by atoms with Crippen LogP contribution in [0, 0.1) is 0 Å². The molecular formula is C18H18F3NO4. The number of allylic oxidation sites excluding steroid dienone is 2. The van der Waals surface area contributed by atoms with Crippen LogP contribution in [0.15, 0.2) is 46.8 Å². The minimum atomic E-state index is -4.74. The Balaban J connectivity index is 2.88. The molecule has 2 rings (SSSR count). The minimum Gasteiger partial charge on any atom is -0.478 e. The van der Waals surface area contributed by atoms with Crippen molar-refractivity contribution in [2.75, 3.05) is 0 Å². The third-order valence-electron chi connectivity index (χ3n) is 4.27. The Morgan fingerprint density at radius 2 is 1.46 bits per heavy atom. The molecule has 0 atom stereocenters. The van der Waals surface area contributed by atoms with Crippen LogP contribution in [0.2, 0.25) is 0 Å². The molecule has 0 saturated carbocycles. The first-order valence-corrected chi connectivity index (χ1v) is 7.99. The van der Waals surface area contributed by atoms with Crippen LogP contribution in [-0.4, -0.2) is 22.2 Å². The molecule has 0 unspecified atom stereocenters. The number of rotatable bonds is 5. The van der Waals surface area contributed by atoms with Crippen LogP contribution < -0.4 is 5.32 Å². The lowest BCUT2D eigenvalue weighted by atomic mass is 9.77. The monoisotopic (exact) mass is 369 g/mol. The highest BCUT2D eigenvalue weighted by atomic mass is 19.4. The van der Waals surface area contributed by atoms with E-state index in [9.17, 15) is 33.0 Å². The van der Waals surface area contributed by atoms with E-state index in [1.54, 1.807) is 13.8 Å². The van der Waals surface area contributed by atoms with Crippen molar-refractivity contribution in [1.82, 2.24) is 5.32 Å². The van der Waals surface area contributed by atoms with Crippen LogP contribution in [0.4, 0.5) is 13.2 Å². The summed E-state index contributed by atoms with van der Waals surface area (Å²) in [7, 11) is 0. The topological polar surface area (TPSA) is 86.6 Å². The Bertz CT molecular complexity index is 771. The first-order chi connectivity index (χ1) is 12.1. The summed E-state index contributed by atoms with van der Waals surface area (Å²) in [5, 5.41) is 22.0. The number of aliphatic carboxylic acids is 2. The molecule has 0 amide bonds. The maximum atomic E-state index is 13.5. The minimum absolute atomic E-state index is 0.210. The molecule has 1 aliphatic heterocycles. The zero-order chi connectivity index (χ0) is 19.6. The molecule has 1 aromatic carbocycles. The van der Waals surface area contributed by atoms with Crippen LogP contribution in [0.1, 0.15) is 43.7 Å². The van der Waals surface area contributed by atoms with Crippen molar-refractivity contribution >= 4 is 11.9 Å². The Morgan fingerprint density at radius 3 is 1.85 bits per heavy atom. The van der Waals surface area contributed by atoms with Crippen molar-refractivity contribution in [2.45, 2.75) is 38.8 Å². The van der Waals surface area contributed by atoms with Gasteiger partial charge in [0.05, 0.1) is 22.6 Å².